The molecule has 0 saturated heterocycles. The van der Waals surface area contributed by atoms with Gasteiger partial charge in [0.25, 0.3) is 0 Å². The van der Waals surface area contributed by atoms with Gasteiger partial charge in [0.05, 0.1) is 22.4 Å². The molecule has 4 heterocycles. The van der Waals surface area contributed by atoms with Gasteiger partial charge in [0.1, 0.15) is 16.8 Å². The van der Waals surface area contributed by atoms with Crippen LogP contribution < -0.4 is 4.90 Å². The molecule has 1 aliphatic heterocycles. The maximum atomic E-state index is 6.67. The van der Waals surface area contributed by atoms with Gasteiger partial charge in [0, 0.05) is 43.7 Å². The van der Waals surface area contributed by atoms with E-state index >= 15 is 0 Å². The Hall–Kier alpha value is -7.24. The van der Waals surface area contributed by atoms with Crippen molar-refractivity contribution in [3.05, 3.63) is 170 Å². The molecular weight excluding hydrogens is 649 g/mol. The summed E-state index contributed by atoms with van der Waals surface area (Å²) in [5.41, 5.74) is 11.8. The van der Waals surface area contributed by atoms with Crippen molar-refractivity contribution in [2.75, 3.05) is 4.90 Å². The topological polar surface area (TPSA) is 47.1 Å². The van der Waals surface area contributed by atoms with Crippen LogP contribution in [-0.4, -0.2) is 14.5 Å². The minimum atomic E-state index is 0.599. The lowest BCUT2D eigenvalue weighted by atomic mass is 9.89. The van der Waals surface area contributed by atoms with E-state index in [-0.39, 0.29) is 0 Å². The Bertz CT molecular complexity index is 3300. The van der Waals surface area contributed by atoms with Gasteiger partial charge in [0.15, 0.2) is 5.58 Å². The van der Waals surface area contributed by atoms with E-state index in [1.807, 2.05) is 18.2 Å². The third kappa shape index (κ3) is 3.96. The lowest BCUT2D eigenvalue weighted by molar-refractivity contribution is 0.667. The Morgan fingerprint density at radius 1 is 0.491 bits per heavy atom. The van der Waals surface area contributed by atoms with Crippen LogP contribution in [0.5, 0.6) is 0 Å². The Morgan fingerprint density at radius 2 is 1.23 bits per heavy atom. The highest BCUT2D eigenvalue weighted by Gasteiger charge is 2.31. The molecule has 0 spiro atoms. The molecule has 0 bridgehead atoms. The third-order valence-corrected chi connectivity index (χ3v) is 10.9. The van der Waals surface area contributed by atoms with E-state index in [4.69, 9.17) is 14.4 Å². The quantitative estimate of drug-likeness (QED) is 0.187. The number of hydrogen-bond donors (Lipinski definition) is 0. The maximum absolute atomic E-state index is 6.67. The molecule has 3 aromatic heterocycles. The lowest BCUT2D eigenvalue weighted by Crippen LogP contribution is -2.18. The van der Waals surface area contributed by atoms with Gasteiger partial charge in [0.2, 0.25) is 5.95 Å². The zero-order chi connectivity index (χ0) is 34.6. The van der Waals surface area contributed by atoms with E-state index in [1.165, 1.54) is 27.1 Å². The summed E-state index contributed by atoms with van der Waals surface area (Å²) in [4.78, 5) is 13.2. The summed E-state index contributed by atoms with van der Waals surface area (Å²) in [5.74, 6) is 0.599. The van der Waals surface area contributed by atoms with Crippen molar-refractivity contribution in [1.29, 1.82) is 0 Å². The molecule has 0 fully saturated rings. The van der Waals surface area contributed by atoms with Crippen molar-refractivity contribution in [2.24, 2.45) is 0 Å². The number of nitrogens with zero attached hydrogens (tertiary/aromatic N) is 4. The summed E-state index contributed by atoms with van der Waals surface area (Å²) in [5, 5.41) is 8.03. The lowest BCUT2D eigenvalue weighted by Gasteiger charge is -2.33. The molecule has 246 valence electrons. The number of benzene rings is 8. The summed E-state index contributed by atoms with van der Waals surface area (Å²) in [6.45, 7) is 0. The van der Waals surface area contributed by atoms with E-state index in [9.17, 15) is 0 Å². The molecule has 53 heavy (non-hydrogen) atoms. The first kappa shape index (κ1) is 28.5. The van der Waals surface area contributed by atoms with E-state index in [1.54, 1.807) is 0 Å². The SMILES string of the molecule is c1ccc(-n2c3ccccc3c3ccc(-c4nc(N5c6c(ccc7ccccc67)-c6cccc7cccc5c67)nc5c4oc4ccccc45)cc32)cc1. The molecule has 0 amide bonds. The highest BCUT2D eigenvalue weighted by molar-refractivity contribution is 6.19. The van der Waals surface area contributed by atoms with Crippen molar-refractivity contribution < 1.29 is 4.42 Å². The molecule has 5 nitrogen and oxygen atoms in total. The first-order valence-electron chi connectivity index (χ1n) is 17.9. The van der Waals surface area contributed by atoms with E-state index in [0.29, 0.717) is 11.5 Å². The van der Waals surface area contributed by atoms with Crippen LogP contribution in [0.4, 0.5) is 17.3 Å². The molecule has 0 saturated carbocycles. The monoisotopic (exact) mass is 676 g/mol. The van der Waals surface area contributed by atoms with E-state index < -0.39 is 0 Å². The fraction of sp³-hybridized carbons (Fsp3) is 0. The molecule has 0 radical (unpaired) electrons. The maximum Gasteiger partial charge on any atom is 0.236 e. The number of para-hydroxylation sites is 3. The molecule has 0 atom stereocenters. The fourth-order valence-corrected chi connectivity index (χ4v) is 8.62. The van der Waals surface area contributed by atoms with Gasteiger partial charge in [-0.1, -0.05) is 127 Å². The van der Waals surface area contributed by atoms with Crippen molar-refractivity contribution in [3.63, 3.8) is 0 Å². The Balaban J connectivity index is 1.20. The molecule has 0 N–H and O–H groups in total. The number of fused-ring (bicyclic) bond motifs is 10. The second kappa shape index (κ2) is 10.6. The summed E-state index contributed by atoms with van der Waals surface area (Å²) in [6, 6.07) is 60.1. The van der Waals surface area contributed by atoms with Crippen molar-refractivity contribution in [2.45, 2.75) is 0 Å². The number of furan rings is 1. The predicted octanol–water partition coefficient (Wildman–Crippen LogP) is 12.9. The summed E-state index contributed by atoms with van der Waals surface area (Å²) in [6.07, 6.45) is 0. The van der Waals surface area contributed by atoms with Crippen LogP contribution in [0.1, 0.15) is 0 Å². The van der Waals surface area contributed by atoms with Gasteiger partial charge in [-0.25, -0.2) is 9.97 Å². The van der Waals surface area contributed by atoms with Crippen molar-refractivity contribution in [1.82, 2.24) is 14.5 Å². The number of anilines is 3. The van der Waals surface area contributed by atoms with Crippen LogP contribution in [0.25, 0.3) is 93.5 Å². The number of hydrogen-bond acceptors (Lipinski definition) is 4. The highest BCUT2D eigenvalue weighted by atomic mass is 16.3. The standard InChI is InChI=1S/C48H28N4O/c1-2-15-32(16-3-1)51-39-21-8-6-18-34(39)35-26-25-31(28-41(35)51)44-47-45(38-19-7-9-23-42(38)53-47)50-48(49-44)52-40-22-11-14-30-13-10-20-36(43(30)40)37-27-24-29-12-4-5-17-33(29)46(37)52/h1-28H. The average molecular weight is 677 g/mol. The average Bonchev–Trinajstić information content (AvgIpc) is 3.76. The summed E-state index contributed by atoms with van der Waals surface area (Å²) < 4.78 is 9.01. The van der Waals surface area contributed by atoms with Crippen molar-refractivity contribution >= 4 is 82.7 Å². The summed E-state index contributed by atoms with van der Waals surface area (Å²) >= 11 is 0. The normalized spacial score (nSPS) is 12.5. The van der Waals surface area contributed by atoms with Gasteiger partial charge in [-0.05, 0) is 58.8 Å². The molecule has 5 heteroatoms. The Morgan fingerprint density at radius 3 is 2.13 bits per heavy atom. The molecule has 8 aromatic carbocycles. The molecule has 0 unspecified atom stereocenters. The van der Waals surface area contributed by atoms with Gasteiger partial charge in [-0.15, -0.1) is 0 Å². The van der Waals surface area contributed by atoms with Crippen molar-refractivity contribution in [3.8, 4) is 28.1 Å². The minimum absolute atomic E-state index is 0.599. The van der Waals surface area contributed by atoms with Gasteiger partial charge >= 0.3 is 0 Å². The fourth-order valence-electron chi connectivity index (χ4n) is 8.62. The Kier molecular flexibility index (Phi) is 5.71. The van der Waals surface area contributed by atoms with Crippen LogP contribution >= 0.6 is 0 Å². The van der Waals surface area contributed by atoms with Gasteiger partial charge in [-0.3, -0.25) is 4.90 Å². The largest absolute Gasteiger partial charge is 0.452 e. The van der Waals surface area contributed by atoms with Crippen LogP contribution in [0.15, 0.2) is 174 Å². The highest BCUT2D eigenvalue weighted by Crippen LogP contribution is 2.53. The molecule has 1 aliphatic rings. The molecule has 11 aromatic rings. The second-order valence-corrected chi connectivity index (χ2v) is 13.8. The van der Waals surface area contributed by atoms with Gasteiger partial charge < -0.3 is 8.98 Å². The smallest absolute Gasteiger partial charge is 0.236 e. The first-order chi connectivity index (χ1) is 26.3. The van der Waals surface area contributed by atoms with E-state index in [0.717, 1.165) is 72.2 Å². The zero-order valence-electron chi connectivity index (χ0n) is 28.4. The number of aromatic nitrogens is 3. The predicted molar refractivity (Wildman–Crippen MR) is 218 cm³/mol. The van der Waals surface area contributed by atoms with Gasteiger partial charge in [-0.2, -0.15) is 0 Å². The zero-order valence-corrected chi connectivity index (χ0v) is 28.4. The minimum Gasteiger partial charge on any atom is -0.452 e. The third-order valence-electron chi connectivity index (χ3n) is 10.9. The van der Waals surface area contributed by atoms with E-state index in [2.05, 4.69) is 161 Å². The van der Waals surface area contributed by atoms with Crippen LogP contribution in [-0.2, 0) is 0 Å². The molecule has 0 aliphatic carbocycles. The van der Waals surface area contributed by atoms with Crippen LogP contribution in [0.3, 0.4) is 0 Å². The first-order valence-corrected chi connectivity index (χ1v) is 17.9. The molecule has 12 rings (SSSR count). The second-order valence-electron chi connectivity index (χ2n) is 13.8. The molecular formula is C48H28N4O. The van der Waals surface area contributed by atoms with Crippen LogP contribution in [0, 0.1) is 0 Å². The van der Waals surface area contributed by atoms with Crippen LogP contribution in [0.2, 0.25) is 0 Å². The summed E-state index contributed by atoms with van der Waals surface area (Å²) in [7, 11) is 0. The number of rotatable bonds is 3. The Labute approximate surface area is 303 Å².